The molecule has 1 aromatic rings. The zero-order valence-electron chi connectivity index (χ0n) is 12.7. The van der Waals surface area contributed by atoms with Crippen LogP contribution >= 0.6 is 0 Å². The number of methoxy groups -OCH3 is 1. The minimum atomic E-state index is 0.307. The van der Waals surface area contributed by atoms with Gasteiger partial charge in [0.05, 0.1) is 12.6 Å². The van der Waals surface area contributed by atoms with Crippen LogP contribution in [0.2, 0.25) is 0 Å². The van der Waals surface area contributed by atoms with Gasteiger partial charge in [-0.25, -0.2) is 0 Å². The van der Waals surface area contributed by atoms with Crippen molar-refractivity contribution in [2.75, 3.05) is 20.3 Å². The number of benzene rings is 1. The lowest BCUT2D eigenvalue weighted by molar-refractivity contribution is 0.163. The first-order valence-corrected chi connectivity index (χ1v) is 7.59. The number of unbranched alkanes of at least 4 members (excludes halogenated alkanes) is 1. The second-order valence-corrected chi connectivity index (χ2v) is 5.24. The lowest BCUT2D eigenvalue weighted by Gasteiger charge is -2.22. The Kier molecular flexibility index (Phi) is 8.52. The molecule has 108 valence electrons. The van der Waals surface area contributed by atoms with Crippen LogP contribution in [0, 0.1) is 5.92 Å². The highest BCUT2D eigenvalue weighted by molar-refractivity contribution is 5.18. The number of hydrogen-bond donors (Lipinski definition) is 1. The largest absolute Gasteiger partial charge is 0.383 e. The maximum atomic E-state index is 5.34. The second kappa shape index (κ2) is 9.99. The van der Waals surface area contributed by atoms with Crippen molar-refractivity contribution in [3.63, 3.8) is 0 Å². The first-order chi connectivity index (χ1) is 9.31. The average molecular weight is 263 g/mol. The summed E-state index contributed by atoms with van der Waals surface area (Å²) in [5.74, 6) is 0.781. The van der Waals surface area contributed by atoms with Gasteiger partial charge in [-0.15, -0.1) is 0 Å². The summed E-state index contributed by atoms with van der Waals surface area (Å²) in [5.41, 5.74) is 1.31. The van der Waals surface area contributed by atoms with Crippen LogP contribution in [0.25, 0.3) is 0 Å². The van der Waals surface area contributed by atoms with Crippen LogP contribution in [0.15, 0.2) is 30.3 Å². The molecular formula is C17H29NO. The molecule has 0 aliphatic carbocycles. The average Bonchev–Trinajstić information content (AvgIpc) is 2.47. The van der Waals surface area contributed by atoms with E-state index in [-0.39, 0.29) is 0 Å². The second-order valence-electron chi connectivity index (χ2n) is 5.24. The molecule has 0 saturated heterocycles. The number of ether oxygens (including phenoxy) is 1. The Hall–Kier alpha value is -0.860. The normalized spacial score (nSPS) is 14.3. The van der Waals surface area contributed by atoms with Crippen LogP contribution in [-0.4, -0.2) is 20.3 Å². The molecule has 19 heavy (non-hydrogen) atoms. The molecule has 1 N–H and O–H groups in total. The van der Waals surface area contributed by atoms with Gasteiger partial charge in [-0.3, -0.25) is 0 Å². The van der Waals surface area contributed by atoms with Crippen LogP contribution in [0.3, 0.4) is 0 Å². The summed E-state index contributed by atoms with van der Waals surface area (Å²) >= 11 is 0. The third-order valence-electron chi connectivity index (χ3n) is 3.73. The molecule has 0 spiro atoms. The van der Waals surface area contributed by atoms with Gasteiger partial charge in [0, 0.05) is 7.11 Å². The molecule has 1 aromatic carbocycles. The Bertz CT molecular complexity index is 312. The van der Waals surface area contributed by atoms with Gasteiger partial charge in [-0.2, -0.15) is 0 Å². The summed E-state index contributed by atoms with van der Waals surface area (Å²) in [6, 6.07) is 10.9. The summed E-state index contributed by atoms with van der Waals surface area (Å²) in [7, 11) is 1.77. The number of rotatable bonds is 10. The summed E-state index contributed by atoms with van der Waals surface area (Å²) < 4.78 is 5.34. The molecule has 0 aliphatic heterocycles. The zero-order valence-corrected chi connectivity index (χ0v) is 12.7. The maximum Gasteiger partial charge on any atom is 0.0657 e. The van der Waals surface area contributed by atoms with Crippen molar-refractivity contribution in [2.45, 2.75) is 45.6 Å². The lowest BCUT2D eigenvalue weighted by atomic mass is 9.98. The van der Waals surface area contributed by atoms with Crippen LogP contribution in [0.1, 0.15) is 51.1 Å². The van der Waals surface area contributed by atoms with E-state index >= 15 is 0 Å². The van der Waals surface area contributed by atoms with E-state index in [0.29, 0.717) is 6.04 Å². The first-order valence-electron chi connectivity index (χ1n) is 7.59. The van der Waals surface area contributed by atoms with Crippen molar-refractivity contribution in [1.29, 1.82) is 0 Å². The predicted molar refractivity (Wildman–Crippen MR) is 82.4 cm³/mol. The number of nitrogens with one attached hydrogen (secondary N) is 1. The highest BCUT2D eigenvalue weighted by atomic mass is 16.5. The third kappa shape index (κ3) is 6.22. The molecular weight excluding hydrogens is 234 g/mol. The Morgan fingerprint density at radius 1 is 1.16 bits per heavy atom. The van der Waals surface area contributed by atoms with Crippen molar-refractivity contribution < 1.29 is 4.74 Å². The molecule has 0 bridgehead atoms. The monoisotopic (exact) mass is 263 g/mol. The van der Waals surface area contributed by atoms with E-state index in [4.69, 9.17) is 4.74 Å². The molecule has 1 rings (SSSR count). The SMILES string of the molecule is CCCCC(CC)CNC(COC)c1ccccc1. The lowest BCUT2D eigenvalue weighted by Crippen LogP contribution is -2.30. The van der Waals surface area contributed by atoms with Gasteiger partial charge in [0.1, 0.15) is 0 Å². The molecule has 2 heteroatoms. The molecule has 2 unspecified atom stereocenters. The Labute approximate surface area is 118 Å². The van der Waals surface area contributed by atoms with Gasteiger partial charge in [0.2, 0.25) is 0 Å². The zero-order chi connectivity index (χ0) is 13.9. The molecule has 0 radical (unpaired) electrons. The van der Waals surface area contributed by atoms with Gasteiger partial charge >= 0.3 is 0 Å². The standard InChI is InChI=1S/C17H29NO/c1-4-6-10-15(5-2)13-18-17(14-19-3)16-11-8-7-9-12-16/h7-9,11-12,15,17-18H,4-6,10,13-14H2,1-3H3. The Morgan fingerprint density at radius 3 is 2.47 bits per heavy atom. The molecule has 0 saturated carbocycles. The smallest absolute Gasteiger partial charge is 0.0657 e. The summed E-state index contributed by atoms with van der Waals surface area (Å²) in [6.07, 6.45) is 5.20. The molecule has 2 atom stereocenters. The van der Waals surface area contributed by atoms with Gasteiger partial charge in [0.25, 0.3) is 0 Å². The minimum Gasteiger partial charge on any atom is -0.383 e. The Balaban J connectivity index is 2.49. The van der Waals surface area contributed by atoms with Gasteiger partial charge in [-0.1, -0.05) is 63.4 Å². The molecule has 2 nitrogen and oxygen atoms in total. The van der Waals surface area contributed by atoms with Crippen LogP contribution in [0.4, 0.5) is 0 Å². The summed E-state index contributed by atoms with van der Waals surface area (Å²) in [6.45, 7) is 6.36. The minimum absolute atomic E-state index is 0.307. The van der Waals surface area contributed by atoms with Crippen molar-refractivity contribution in [3.05, 3.63) is 35.9 Å². The fourth-order valence-corrected chi connectivity index (χ4v) is 2.38. The summed E-state index contributed by atoms with van der Waals surface area (Å²) in [5, 5.41) is 3.67. The van der Waals surface area contributed by atoms with Crippen molar-refractivity contribution in [3.8, 4) is 0 Å². The van der Waals surface area contributed by atoms with Crippen LogP contribution in [-0.2, 0) is 4.74 Å². The third-order valence-corrected chi connectivity index (χ3v) is 3.73. The van der Waals surface area contributed by atoms with Crippen LogP contribution in [0.5, 0.6) is 0 Å². The fourth-order valence-electron chi connectivity index (χ4n) is 2.38. The predicted octanol–water partition coefficient (Wildman–Crippen LogP) is 4.18. The van der Waals surface area contributed by atoms with E-state index in [9.17, 15) is 0 Å². The molecule has 0 fully saturated rings. The van der Waals surface area contributed by atoms with E-state index in [1.165, 1.54) is 31.2 Å². The first kappa shape index (κ1) is 16.2. The van der Waals surface area contributed by atoms with E-state index in [1.54, 1.807) is 7.11 Å². The quantitative estimate of drug-likeness (QED) is 0.683. The summed E-state index contributed by atoms with van der Waals surface area (Å²) in [4.78, 5) is 0. The van der Waals surface area contributed by atoms with Crippen LogP contribution < -0.4 is 5.32 Å². The van der Waals surface area contributed by atoms with E-state index in [0.717, 1.165) is 19.1 Å². The molecule has 0 aliphatic rings. The Morgan fingerprint density at radius 2 is 1.89 bits per heavy atom. The molecule has 0 heterocycles. The maximum absolute atomic E-state index is 5.34. The molecule has 0 aromatic heterocycles. The van der Waals surface area contributed by atoms with E-state index in [2.05, 4.69) is 49.5 Å². The number of hydrogen-bond acceptors (Lipinski definition) is 2. The van der Waals surface area contributed by atoms with Gasteiger partial charge in [0.15, 0.2) is 0 Å². The topological polar surface area (TPSA) is 21.3 Å². The molecule has 0 amide bonds. The fraction of sp³-hybridized carbons (Fsp3) is 0.647. The highest BCUT2D eigenvalue weighted by Crippen LogP contribution is 2.16. The van der Waals surface area contributed by atoms with Crippen molar-refractivity contribution in [2.24, 2.45) is 5.92 Å². The van der Waals surface area contributed by atoms with Crippen molar-refractivity contribution >= 4 is 0 Å². The van der Waals surface area contributed by atoms with Gasteiger partial charge in [-0.05, 0) is 24.4 Å². The van der Waals surface area contributed by atoms with E-state index in [1.807, 2.05) is 0 Å². The van der Waals surface area contributed by atoms with Crippen molar-refractivity contribution in [1.82, 2.24) is 5.32 Å². The highest BCUT2D eigenvalue weighted by Gasteiger charge is 2.13. The van der Waals surface area contributed by atoms with Gasteiger partial charge < -0.3 is 10.1 Å². The van der Waals surface area contributed by atoms with E-state index < -0.39 is 0 Å².